The van der Waals surface area contributed by atoms with Gasteiger partial charge in [0.1, 0.15) is 0 Å². The minimum Gasteiger partial charge on any atom is -0.469 e. The number of rotatable bonds is 9. The molecule has 0 aliphatic heterocycles. The van der Waals surface area contributed by atoms with Crippen molar-refractivity contribution >= 4 is 29.4 Å². The number of ether oxygens (including phenoxy) is 1. The predicted octanol–water partition coefficient (Wildman–Crippen LogP) is 4.62. The van der Waals surface area contributed by atoms with Gasteiger partial charge < -0.3 is 15.4 Å². The molecule has 3 aromatic carbocycles. The molecule has 0 saturated carbocycles. The van der Waals surface area contributed by atoms with Gasteiger partial charge >= 0.3 is 5.97 Å². The Morgan fingerprint density at radius 3 is 2.03 bits per heavy atom. The quantitative estimate of drug-likeness (QED) is 0.452. The Hall–Kier alpha value is -3.64. The van der Waals surface area contributed by atoms with Crippen LogP contribution >= 0.6 is 11.6 Å². The van der Waals surface area contributed by atoms with Gasteiger partial charge in [-0.15, -0.1) is 0 Å². The number of benzene rings is 3. The second-order valence-electron chi connectivity index (χ2n) is 7.43. The maximum absolute atomic E-state index is 13.1. The highest BCUT2D eigenvalue weighted by Crippen LogP contribution is 2.26. The minimum atomic E-state index is -0.667. The summed E-state index contributed by atoms with van der Waals surface area (Å²) in [5.41, 5.74) is 1.90. The number of methoxy groups -OCH3 is 1. The number of hydrogen-bond donors (Lipinski definition) is 2. The Morgan fingerprint density at radius 1 is 0.788 bits per heavy atom. The molecule has 7 heteroatoms. The van der Waals surface area contributed by atoms with Crippen LogP contribution in [0.3, 0.4) is 0 Å². The highest BCUT2D eigenvalue weighted by atomic mass is 35.5. The van der Waals surface area contributed by atoms with E-state index in [4.69, 9.17) is 16.3 Å². The molecular formula is C26H25ClN2O4. The molecule has 0 aromatic heterocycles. The first-order valence-corrected chi connectivity index (χ1v) is 10.9. The molecule has 170 valence electrons. The van der Waals surface area contributed by atoms with Crippen molar-refractivity contribution in [3.8, 4) is 0 Å². The number of amides is 2. The van der Waals surface area contributed by atoms with Gasteiger partial charge in [-0.25, -0.2) is 0 Å². The van der Waals surface area contributed by atoms with E-state index in [0.717, 1.165) is 5.56 Å². The minimum absolute atomic E-state index is 0.0231. The standard InChI is InChI=1S/C26H25ClN2O4/c1-33-25(31)17-23(20-14-8-9-15-21(20)27)28-24(30)16-22(18-10-4-2-5-11-18)29-26(32)19-12-6-3-7-13-19/h2-15,22-23H,16-17H2,1H3,(H,28,30)(H,29,32). The lowest BCUT2D eigenvalue weighted by atomic mass is 10.0. The summed E-state index contributed by atoms with van der Waals surface area (Å²) >= 11 is 6.31. The van der Waals surface area contributed by atoms with Crippen molar-refractivity contribution in [1.82, 2.24) is 10.6 Å². The first-order chi connectivity index (χ1) is 16.0. The molecular weight excluding hydrogens is 440 g/mol. The van der Waals surface area contributed by atoms with Crippen LogP contribution in [0.1, 0.15) is 46.4 Å². The summed E-state index contributed by atoms with van der Waals surface area (Å²) in [6, 6.07) is 23.8. The van der Waals surface area contributed by atoms with Gasteiger partial charge in [0.05, 0.1) is 32.0 Å². The average Bonchev–Trinajstić information content (AvgIpc) is 2.84. The van der Waals surface area contributed by atoms with Crippen LogP contribution in [0.15, 0.2) is 84.9 Å². The molecule has 2 unspecified atom stereocenters. The molecule has 0 fully saturated rings. The highest BCUT2D eigenvalue weighted by Gasteiger charge is 2.24. The fourth-order valence-electron chi connectivity index (χ4n) is 3.45. The van der Waals surface area contributed by atoms with Gasteiger partial charge in [0.2, 0.25) is 5.91 Å². The summed E-state index contributed by atoms with van der Waals surface area (Å²) in [4.78, 5) is 37.8. The Bertz CT molecular complexity index is 1090. The second-order valence-corrected chi connectivity index (χ2v) is 7.84. The van der Waals surface area contributed by atoms with Crippen LogP contribution in [0.4, 0.5) is 0 Å². The maximum Gasteiger partial charge on any atom is 0.307 e. The van der Waals surface area contributed by atoms with Crippen LogP contribution in [0.2, 0.25) is 5.02 Å². The Morgan fingerprint density at radius 2 is 1.39 bits per heavy atom. The van der Waals surface area contributed by atoms with Crippen LogP contribution in [0, 0.1) is 0 Å². The van der Waals surface area contributed by atoms with E-state index in [1.165, 1.54) is 7.11 Å². The van der Waals surface area contributed by atoms with Crippen LogP contribution in [-0.4, -0.2) is 24.9 Å². The van der Waals surface area contributed by atoms with E-state index < -0.39 is 18.1 Å². The van der Waals surface area contributed by atoms with Gasteiger partial charge in [-0.3, -0.25) is 14.4 Å². The van der Waals surface area contributed by atoms with Gasteiger partial charge in [-0.05, 0) is 29.3 Å². The first-order valence-electron chi connectivity index (χ1n) is 10.5. The highest BCUT2D eigenvalue weighted by molar-refractivity contribution is 6.31. The smallest absolute Gasteiger partial charge is 0.307 e. The molecule has 0 aliphatic rings. The van der Waals surface area contributed by atoms with Gasteiger partial charge in [0.25, 0.3) is 5.91 Å². The number of hydrogen-bond acceptors (Lipinski definition) is 4. The van der Waals surface area contributed by atoms with E-state index in [2.05, 4.69) is 10.6 Å². The van der Waals surface area contributed by atoms with Gasteiger partial charge in [-0.1, -0.05) is 78.3 Å². The lowest BCUT2D eigenvalue weighted by molar-refractivity contribution is -0.141. The van der Waals surface area contributed by atoms with E-state index in [9.17, 15) is 14.4 Å². The maximum atomic E-state index is 13.1. The Labute approximate surface area is 197 Å². The number of nitrogens with one attached hydrogen (secondary N) is 2. The SMILES string of the molecule is COC(=O)CC(NC(=O)CC(NC(=O)c1ccccc1)c1ccccc1)c1ccccc1Cl. The van der Waals surface area contributed by atoms with Crippen LogP contribution in [0.25, 0.3) is 0 Å². The van der Waals surface area contributed by atoms with E-state index in [1.54, 1.807) is 48.5 Å². The van der Waals surface area contributed by atoms with E-state index in [-0.39, 0.29) is 24.7 Å². The monoisotopic (exact) mass is 464 g/mol. The van der Waals surface area contributed by atoms with Crippen LogP contribution in [-0.2, 0) is 14.3 Å². The van der Waals surface area contributed by atoms with Crippen molar-refractivity contribution in [1.29, 1.82) is 0 Å². The lowest BCUT2D eigenvalue weighted by Crippen LogP contribution is -2.36. The van der Waals surface area contributed by atoms with E-state index >= 15 is 0 Å². The van der Waals surface area contributed by atoms with Gasteiger partial charge in [0, 0.05) is 10.6 Å². The van der Waals surface area contributed by atoms with Gasteiger partial charge in [0.15, 0.2) is 0 Å². The zero-order valence-electron chi connectivity index (χ0n) is 18.2. The molecule has 33 heavy (non-hydrogen) atoms. The molecule has 0 spiro atoms. The molecule has 2 amide bonds. The van der Waals surface area contributed by atoms with Crippen molar-refractivity contribution in [3.05, 3.63) is 107 Å². The lowest BCUT2D eigenvalue weighted by Gasteiger charge is -2.23. The molecule has 6 nitrogen and oxygen atoms in total. The summed E-state index contributed by atoms with van der Waals surface area (Å²) in [5.74, 6) is -1.10. The molecule has 2 N–H and O–H groups in total. The molecule has 0 aliphatic carbocycles. The van der Waals surface area contributed by atoms with Crippen LogP contribution < -0.4 is 10.6 Å². The fourth-order valence-corrected chi connectivity index (χ4v) is 3.72. The zero-order valence-corrected chi connectivity index (χ0v) is 18.9. The number of halogens is 1. The topological polar surface area (TPSA) is 84.5 Å². The summed E-state index contributed by atoms with van der Waals surface area (Å²) in [7, 11) is 1.29. The molecule has 0 saturated heterocycles. The van der Waals surface area contributed by atoms with Crippen molar-refractivity contribution in [2.75, 3.05) is 7.11 Å². The van der Waals surface area contributed by atoms with Gasteiger partial charge in [-0.2, -0.15) is 0 Å². The molecule has 0 heterocycles. The summed E-state index contributed by atoms with van der Waals surface area (Å²) < 4.78 is 4.79. The van der Waals surface area contributed by atoms with Crippen molar-refractivity contribution in [2.24, 2.45) is 0 Å². The first kappa shape index (κ1) is 24.0. The average molecular weight is 465 g/mol. The normalized spacial score (nSPS) is 12.3. The summed E-state index contributed by atoms with van der Waals surface area (Å²) in [6.07, 6.45) is -0.0942. The number of carbonyl (C=O) groups is 3. The molecule has 2 atom stereocenters. The Kier molecular flexibility index (Phi) is 8.61. The van der Waals surface area contributed by atoms with Crippen molar-refractivity contribution in [2.45, 2.75) is 24.9 Å². The third kappa shape index (κ3) is 6.92. The van der Waals surface area contributed by atoms with E-state index in [0.29, 0.717) is 16.1 Å². The Balaban J connectivity index is 1.79. The van der Waals surface area contributed by atoms with Crippen molar-refractivity contribution in [3.63, 3.8) is 0 Å². The molecule has 3 rings (SSSR count). The van der Waals surface area contributed by atoms with Crippen molar-refractivity contribution < 1.29 is 19.1 Å². The predicted molar refractivity (Wildman–Crippen MR) is 127 cm³/mol. The zero-order chi connectivity index (χ0) is 23.6. The number of carbonyl (C=O) groups excluding carboxylic acids is 3. The summed E-state index contributed by atoms with van der Waals surface area (Å²) in [5, 5.41) is 6.25. The van der Waals surface area contributed by atoms with E-state index in [1.807, 2.05) is 36.4 Å². The third-order valence-electron chi connectivity index (χ3n) is 5.15. The fraction of sp³-hybridized carbons (Fsp3) is 0.192. The molecule has 0 bridgehead atoms. The van der Waals surface area contributed by atoms with Crippen LogP contribution in [0.5, 0.6) is 0 Å². The summed E-state index contributed by atoms with van der Waals surface area (Å²) in [6.45, 7) is 0. The number of esters is 1. The molecule has 0 radical (unpaired) electrons. The third-order valence-corrected chi connectivity index (χ3v) is 5.49. The largest absolute Gasteiger partial charge is 0.469 e. The second kappa shape index (κ2) is 11.8. The molecule has 3 aromatic rings.